The topological polar surface area (TPSA) is 115 Å². The highest BCUT2D eigenvalue weighted by Gasteiger charge is 2.24. The molecule has 5 rings (SSSR count). The Labute approximate surface area is 189 Å². The van der Waals surface area contributed by atoms with Gasteiger partial charge in [-0.3, -0.25) is 4.79 Å². The molecular weight excluding hydrogens is 423 g/mol. The van der Waals surface area contributed by atoms with Crippen LogP contribution in [0.25, 0.3) is 5.69 Å². The van der Waals surface area contributed by atoms with Crippen LogP contribution in [0.4, 0.5) is 21.8 Å². The number of nitrogens with one attached hydrogen (secondary N) is 1. The van der Waals surface area contributed by atoms with Gasteiger partial charge < -0.3 is 16.0 Å². The number of carbonyl (C=O) groups excluding carboxylic acids is 1. The average Bonchev–Trinajstić information content (AvgIpc) is 3.19. The first-order chi connectivity index (χ1) is 16.0. The quantitative estimate of drug-likeness (QED) is 0.497. The number of hydrogen-bond donors (Lipinski definition) is 2. The van der Waals surface area contributed by atoms with E-state index < -0.39 is 11.7 Å². The van der Waals surface area contributed by atoms with Crippen molar-refractivity contribution in [3.63, 3.8) is 0 Å². The third-order valence-corrected chi connectivity index (χ3v) is 5.61. The van der Waals surface area contributed by atoms with Crippen LogP contribution in [0.1, 0.15) is 27.3 Å². The second-order valence-corrected chi connectivity index (χ2v) is 7.77. The summed E-state index contributed by atoms with van der Waals surface area (Å²) in [6.07, 6.45) is 2.40. The number of carbonyl (C=O) groups is 1. The Bertz CT molecular complexity index is 1350. The Morgan fingerprint density at radius 1 is 1.18 bits per heavy atom. The van der Waals surface area contributed by atoms with Crippen LogP contribution in [-0.4, -0.2) is 37.4 Å². The van der Waals surface area contributed by atoms with E-state index in [2.05, 4.69) is 36.6 Å². The normalized spacial score (nSPS) is 13.0. The SMILES string of the molecule is Cc1c(C(=O)Nc2cccc(F)c2)nnn1-c1cccc2c1CCN(c1nccc(N)n1)C2. The van der Waals surface area contributed by atoms with E-state index in [1.54, 1.807) is 29.9 Å². The lowest BCUT2D eigenvalue weighted by Gasteiger charge is -2.30. The molecule has 2 aromatic carbocycles. The van der Waals surface area contributed by atoms with Crippen LogP contribution >= 0.6 is 0 Å². The van der Waals surface area contributed by atoms with Gasteiger partial charge in [-0.1, -0.05) is 23.4 Å². The minimum Gasteiger partial charge on any atom is -0.384 e. The second kappa shape index (κ2) is 8.30. The number of benzene rings is 2. The van der Waals surface area contributed by atoms with Crippen molar-refractivity contribution < 1.29 is 9.18 Å². The molecule has 0 fully saturated rings. The largest absolute Gasteiger partial charge is 0.384 e. The summed E-state index contributed by atoms with van der Waals surface area (Å²) in [5, 5.41) is 11.0. The van der Waals surface area contributed by atoms with Crippen LogP contribution in [0.5, 0.6) is 0 Å². The van der Waals surface area contributed by atoms with Crippen molar-refractivity contribution >= 4 is 23.4 Å². The number of anilines is 3. The minimum absolute atomic E-state index is 0.183. The summed E-state index contributed by atoms with van der Waals surface area (Å²) in [6, 6.07) is 13.3. The van der Waals surface area contributed by atoms with Gasteiger partial charge in [-0.2, -0.15) is 4.98 Å². The lowest BCUT2D eigenvalue weighted by molar-refractivity contribution is 0.102. The summed E-state index contributed by atoms with van der Waals surface area (Å²) in [5.41, 5.74) is 10.1. The maximum Gasteiger partial charge on any atom is 0.278 e. The Balaban J connectivity index is 1.42. The van der Waals surface area contributed by atoms with Gasteiger partial charge in [0.2, 0.25) is 5.95 Å². The molecule has 0 atom stereocenters. The minimum atomic E-state index is -0.445. The smallest absolute Gasteiger partial charge is 0.278 e. The van der Waals surface area contributed by atoms with Crippen LogP contribution in [0.15, 0.2) is 54.7 Å². The molecule has 33 heavy (non-hydrogen) atoms. The summed E-state index contributed by atoms with van der Waals surface area (Å²) in [6.45, 7) is 3.14. The number of rotatable bonds is 4. The van der Waals surface area contributed by atoms with Gasteiger partial charge >= 0.3 is 0 Å². The van der Waals surface area contributed by atoms with Gasteiger partial charge in [-0.25, -0.2) is 14.1 Å². The zero-order valence-corrected chi connectivity index (χ0v) is 17.9. The third kappa shape index (κ3) is 3.98. The van der Waals surface area contributed by atoms with Gasteiger partial charge in [0.05, 0.1) is 11.4 Å². The molecule has 0 spiro atoms. The van der Waals surface area contributed by atoms with Gasteiger partial charge in [-0.05, 0) is 54.8 Å². The van der Waals surface area contributed by atoms with E-state index in [1.807, 2.05) is 12.1 Å². The standard InChI is InChI=1S/C23H21FN8O/c1-14-21(22(33)27-17-6-3-5-16(24)12-17)29-30-32(14)19-7-2-4-15-13-31(11-9-18(15)19)23-26-10-8-20(25)28-23/h2-8,10,12H,9,11,13H2,1H3,(H,27,33)(H2,25,26,28). The molecule has 0 unspecified atom stereocenters. The fourth-order valence-electron chi connectivity index (χ4n) is 4.00. The fourth-order valence-corrected chi connectivity index (χ4v) is 4.00. The molecule has 0 radical (unpaired) electrons. The van der Waals surface area contributed by atoms with Gasteiger partial charge in [0, 0.05) is 25.0 Å². The van der Waals surface area contributed by atoms with E-state index >= 15 is 0 Å². The van der Waals surface area contributed by atoms with E-state index in [0.29, 0.717) is 36.2 Å². The average molecular weight is 444 g/mol. The number of nitrogens with two attached hydrogens (primary N) is 1. The number of aromatic nitrogens is 5. The summed E-state index contributed by atoms with van der Waals surface area (Å²) in [5.74, 6) is 0.155. The third-order valence-electron chi connectivity index (χ3n) is 5.61. The predicted octanol–water partition coefficient (Wildman–Crippen LogP) is 2.90. The highest BCUT2D eigenvalue weighted by atomic mass is 19.1. The highest BCUT2D eigenvalue weighted by molar-refractivity contribution is 6.03. The molecule has 9 nitrogen and oxygen atoms in total. The number of hydrogen-bond acceptors (Lipinski definition) is 7. The van der Waals surface area contributed by atoms with Gasteiger partial charge in [-0.15, -0.1) is 5.10 Å². The molecule has 1 aliphatic heterocycles. The van der Waals surface area contributed by atoms with Crippen molar-refractivity contribution in [3.8, 4) is 5.69 Å². The molecule has 166 valence electrons. The zero-order valence-electron chi connectivity index (χ0n) is 17.9. The number of halogens is 1. The van der Waals surface area contributed by atoms with Crippen LogP contribution in [0.2, 0.25) is 0 Å². The number of nitrogens with zero attached hydrogens (tertiary/aromatic N) is 6. The molecule has 1 amide bonds. The number of amides is 1. The molecule has 3 N–H and O–H groups in total. The van der Waals surface area contributed by atoms with Gasteiger partial charge in [0.25, 0.3) is 5.91 Å². The summed E-state index contributed by atoms with van der Waals surface area (Å²) >= 11 is 0. The monoisotopic (exact) mass is 444 g/mol. The summed E-state index contributed by atoms with van der Waals surface area (Å²) in [4.78, 5) is 23.5. The molecule has 0 saturated heterocycles. The number of fused-ring (bicyclic) bond motifs is 1. The molecule has 1 aliphatic rings. The molecule has 0 saturated carbocycles. The van der Waals surface area contributed by atoms with Crippen LogP contribution in [0.3, 0.4) is 0 Å². The maximum atomic E-state index is 13.4. The second-order valence-electron chi connectivity index (χ2n) is 7.77. The lowest BCUT2D eigenvalue weighted by Crippen LogP contribution is -2.32. The van der Waals surface area contributed by atoms with Crippen molar-refractivity contribution in [1.29, 1.82) is 0 Å². The van der Waals surface area contributed by atoms with Gasteiger partial charge in [0.1, 0.15) is 11.6 Å². The van der Waals surface area contributed by atoms with Crippen molar-refractivity contribution in [2.75, 3.05) is 22.5 Å². The molecular formula is C23H21FN8O. The van der Waals surface area contributed by atoms with Crippen molar-refractivity contribution in [2.45, 2.75) is 19.9 Å². The van der Waals surface area contributed by atoms with E-state index in [0.717, 1.165) is 23.2 Å². The van der Waals surface area contributed by atoms with E-state index in [-0.39, 0.29) is 5.69 Å². The molecule has 0 bridgehead atoms. The Morgan fingerprint density at radius 2 is 2.03 bits per heavy atom. The molecule has 3 heterocycles. The highest BCUT2D eigenvalue weighted by Crippen LogP contribution is 2.28. The zero-order chi connectivity index (χ0) is 22.9. The van der Waals surface area contributed by atoms with Crippen LogP contribution in [-0.2, 0) is 13.0 Å². The molecule has 4 aromatic rings. The first kappa shape index (κ1) is 20.6. The van der Waals surface area contributed by atoms with Crippen molar-refractivity contribution in [3.05, 3.63) is 83.1 Å². The van der Waals surface area contributed by atoms with E-state index in [9.17, 15) is 9.18 Å². The fraction of sp³-hybridized carbons (Fsp3) is 0.174. The van der Waals surface area contributed by atoms with Crippen LogP contribution < -0.4 is 16.0 Å². The Morgan fingerprint density at radius 3 is 2.85 bits per heavy atom. The van der Waals surface area contributed by atoms with Gasteiger partial charge in [0.15, 0.2) is 5.69 Å². The summed E-state index contributed by atoms with van der Waals surface area (Å²) in [7, 11) is 0. The first-order valence-electron chi connectivity index (χ1n) is 10.4. The van der Waals surface area contributed by atoms with Crippen molar-refractivity contribution in [2.24, 2.45) is 0 Å². The Kier molecular flexibility index (Phi) is 5.17. The molecule has 10 heteroatoms. The van der Waals surface area contributed by atoms with E-state index in [4.69, 9.17) is 5.73 Å². The molecule has 0 aliphatic carbocycles. The van der Waals surface area contributed by atoms with Crippen molar-refractivity contribution in [1.82, 2.24) is 25.0 Å². The Hall–Kier alpha value is -4.34. The summed E-state index contributed by atoms with van der Waals surface area (Å²) < 4.78 is 15.1. The van der Waals surface area contributed by atoms with Crippen LogP contribution in [0, 0.1) is 12.7 Å². The first-order valence-corrected chi connectivity index (χ1v) is 10.4. The number of nitrogen functional groups attached to an aromatic ring is 1. The molecule has 2 aromatic heterocycles. The lowest BCUT2D eigenvalue weighted by atomic mass is 9.98. The maximum absolute atomic E-state index is 13.4. The predicted molar refractivity (Wildman–Crippen MR) is 122 cm³/mol. The van der Waals surface area contributed by atoms with E-state index in [1.165, 1.54) is 18.2 Å².